The summed E-state index contributed by atoms with van der Waals surface area (Å²) in [7, 11) is 1.57. The van der Waals surface area contributed by atoms with E-state index >= 15 is 0 Å². The minimum atomic E-state index is -0.130. The van der Waals surface area contributed by atoms with Crippen LogP contribution in [-0.2, 0) is 0 Å². The Kier molecular flexibility index (Phi) is 3.77. The first kappa shape index (κ1) is 13.5. The summed E-state index contributed by atoms with van der Waals surface area (Å²) >= 11 is 0. The van der Waals surface area contributed by atoms with Gasteiger partial charge in [0.2, 0.25) is 0 Å². The van der Waals surface area contributed by atoms with Crippen molar-refractivity contribution >= 4 is 5.91 Å². The normalized spacial score (nSPS) is 16.5. The van der Waals surface area contributed by atoms with Crippen molar-refractivity contribution in [3.8, 4) is 11.5 Å². The Morgan fingerprint density at radius 1 is 1.19 bits per heavy atom. The SMILES string of the molecule is COc1ccccc1C(=O)N[C@@H]1CCOc2ccccc21. The highest BCUT2D eigenvalue weighted by atomic mass is 16.5. The van der Waals surface area contributed by atoms with E-state index in [1.54, 1.807) is 19.2 Å². The third kappa shape index (κ3) is 2.70. The smallest absolute Gasteiger partial charge is 0.255 e. The average Bonchev–Trinajstić information content (AvgIpc) is 2.55. The van der Waals surface area contributed by atoms with E-state index in [1.165, 1.54) is 0 Å². The highest BCUT2D eigenvalue weighted by Gasteiger charge is 2.23. The molecule has 0 unspecified atom stereocenters. The zero-order chi connectivity index (χ0) is 14.7. The number of benzene rings is 2. The lowest BCUT2D eigenvalue weighted by Gasteiger charge is -2.26. The minimum Gasteiger partial charge on any atom is -0.496 e. The highest BCUT2D eigenvalue weighted by Crippen LogP contribution is 2.32. The third-order valence-electron chi connectivity index (χ3n) is 3.62. The van der Waals surface area contributed by atoms with Gasteiger partial charge in [-0.15, -0.1) is 0 Å². The van der Waals surface area contributed by atoms with Gasteiger partial charge in [0.1, 0.15) is 11.5 Å². The number of methoxy groups -OCH3 is 1. The van der Waals surface area contributed by atoms with Crippen LogP contribution in [0, 0.1) is 0 Å². The molecule has 4 heteroatoms. The van der Waals surface area contributed by atoms with Crippen LogP contribution >= 0.6 is 0 Å². The molecule has 1 amide bonds. The molecule has 2 aromatic rings. The maximum atomic E-state index is 12.5. The zero-order valence-corrected chi connectivity index (χ0v) is 11.8. The van der Waals surface area contributed by atoms with Gasteiger partial charge in [-0.25, -0.2) is 0 Å². The van der Waals surface area contributed by atoms with Crippen molar-refractivity contribution in [2.24, 2.45) is 0 Å². The van der Waals surface area contributed by atoms with Crippen LogP contribution in [0.3, 0.4) is 0 Å². The number of fused-ring (bicyclic) bond motifs is 1. The van der Waals surface area contributed by atoms with Crippen molar-refractivity contribution in [1.29, 1.82) is 0 Å². The molecule has 1 aliphatic heterocycles. The topological polar surface area (TPSA) is 47.6 Å². The van der Waals surface area contributed by atoms with Crippen molar-refractivity contribution in [2.75, 3.05) is 13.7 Å². The molecule has 2 aromatic carbocycles. The molecule has 0 fully saturated rings. The van der Waals surface area contributed by atoms with Crippen LogP contribution in [0.25, 0.3) is 0 Å². The maximum Gasteiger partial charge on any atom is 0.255 e. The fourth-order valence-corrected chi connectivity index (χ4v) is 2.56. The van der Waals surface area contributed by atoms with Gasteiger partial charge in [-0.1, -0.05) is 30.3 Å². The number of rotatable bonds is 3. The summed E-state index contributed by atoms with van der Waals surface area (Å²) in [6.45, 7) is 0.605. The Bertz CT molecular complexity index is 654. The summed E-state index contributed by atoms with van der Waals surface area (Å²) < 4.78 is 10.8. The van der Waals surface area contributed by atoms with Gasteiger partial charge in [-0.2, -0.15) is 0 Å². The zero-order valence-electron chi connectivity index (χ0n) is 11.8. The van der Waals surface area contributed by atoms with E-state index in [1.807, 2.05) is 36.4 Å². The molecular formula is C17H17NO3. The van der Waals surface area contributed by atoms with Gasteiger partial charge in [0.15, 0.2) is 0 Å². The molecule has 0 bridgehead atoms. The third-order valence-corrected chi connectivity index (χ3v) is 3.62. The molecule has 0 radical (unpaired) electrons. The van der Waals surface area contributed by atoms with Crippen LogP contribution in [-0.4, -0.2) is 19.6 Å². The van der Waals surface area contributed by atoms with Crippen LogP contribution in [0.4, 0.5) is 0 Å². The van der Waals surface area contributed by atoms with Crippen LogP contribution in [0.2, 0.25) is 0 Å². The highest BCUT2D eigenvalue weighted by molar-refractivity contribution is 5.97. The minimum absolute atomic E-state index is 0.0348. The van der Waals surface area contributed by atoms with Gasteiger partial charge in [-0.05, 0) is 18.2 Å². The van der Waals surface area contributed by atoms with Gasteiger partial charge in [0.25, 0.3) is 5.91 Å². The summed E-state index contributed by atoms with van der Waals surface area (Å²) in [6.07, 6.45) is 0.762. The van der Waals surface area contributed by atoms with Gasteiger partial charge < -0.3 is 14.8 Å². The van der Waals surface area contributed by atoms with Crippen molar-refractivity contribution in [3.05, 3.63) is 59.7 Å². The second-order valence-corrected chi connectivity index (χ2v) is 4.90. The molecule has 1 heterocycles. The Hall–Kier alpha value is -2.49. The van der Waals surface area contributed by atoms with Gasteiger partial charge in [0, 0.05) is 12.0 Å². The van der Waals surface area contributed by atoms with E-state index in [4.69, 9.17) is 9.47 Å². The number of nitrogens with one attached hydrogen (secondary N) is 1. The van der Waals surface area contributed by atoms with E-state index in [-0.39, 0.29) is 11.9 Å². The van der Waals surface area contributed by atoms with Crippen LogP contribution < -0.4 is 14.8 Å². The maximum absolute atomic E-state index is 12.5. The molecule has 1 aliphatic rings. The molecule has 108 valence electrons. The lowest BCUT2D eigenvalue weighted by Crippen LogP contribution is -2.32. The summed E-state index contributed by atoms with van der Waals surface area (Å²) in [5.74, 6) is 1.29. The first-order valence-electron chi connectivity index (χ1n) is 6.95. The molecule has 1 atom stereocenters. The van der Waals surface area contributed by atoms with E-state index in [0.717, 1.165) is 17.7 Å². The number of hydrogen-bond donors (Lipinski definition) is 1. The molecule has 0 saturated carbocycles. The lowest BCUT2D eigenvalue weighted by atomic mass is 10.00. The average molecular weight is 283 g/mol. The first-order valence-corrected chi connectivity index (χ1v) is 6.95. The summed E-state index contributed by atoms with van der Waals surface area (Å²) in [4.78, 5) is 12.5. The predicted octanol–water partition coefficient (Wildman–Crippen LogP) is 2.95. The van der Waals surface area contributed by atoms with Crippen LogP contribution in [0.15, 0.2) is 48.5 Å². The summed E-state index contributed by atoms with van der Waals surface area (Å²) in [6, 6.07) is 15.0. The Balaban J connectivity index is 1.83. The van der Waals surface area contributed by atoms with Crippen molar-refractivity contribution in [3.63, 3.8) is 0 Å². The van der Waals surface area contributed by atoms with E-state index < -0.39 is 0 Å². The number of hydrogen-bond acceptors (Lipinski definition) is 3. The Morgan fingerprint density at radius 3 is 2.81 bits per heavy atom. The Labute approximate surface area is 123 Å². The molecule has 0 spiro atoms. The molecule has 0 aromatic heterocycles. The standard InChI is InChI=1S/C17H17NO3/c1-20-15-8-4-3-7-13(15)17(19)18-14-10-11-21-16-9-5-2-6-12(14)16/h2-9,14H,10-11H2,1H3,(H,18,19)/t14-/m1/s1. The first-order chi connectivity index (χ1) is 10.3. The molecular weight excluding hydrogens is 266 g/mol. The lowest BCUT2D eigenvalue weighted by molar-refractivity contribution is 0.0922. The van der Waals surface area contributed by atoms with Crippen molar-refractivity contribution < 1.29 is 14.3 Å². The van der Waals surface area contributed by atoms with Gasteiger partial charge >= 0.3 is 0 Å². The second kappa shape index (κ2) is 5.87. The van der Waals surface area contributed by atoms with E-state index in [2.05, 4.69) is 5.32 Å². The predicted molar refractivity (Wildman–Crippen MR) is 79.8 cm³/mol. The molecule has 0 saturated heterocycles. The molecule has 3 rings (SSSR count). The fourth-order valence-electron chi connectivity index (χ4n) is 2.56. The van der Waals surface area contributed by atoms with Crippen molar-refractivity contribution in [2.45, 2.75) is 12.5 Å². The number of para-hydroxylation sites is 2. The largest absolute Gasteiger partial charge is 0.496 e. The summed E-state index contributed by atoms with van der Waals surface area (Å²) in [5.41, 5.74) is 1.57. The molecule has 4 nitrogen and oxygen atoms in total. The molecule has 21 heavy (non-hydrogen) atoms. The second-order valence-electron chi connectivity index (χ2n) is 4.90. The van der Waals surface area contributed by atoms with Gasteiger partial charge in [0.05, 0.1) is 25.3 Å². The summed E-state index contributed by atoms with van der Waals surface area (Å²) in [5, 5.41) is 3.07. The number of amides is 1. The Morgan fingerprint density at radius 2 is 1.95 bits per heavy atom. The monoisotopic (exact) mass is 283 g/mol. The number of ether oxygens (including phenoxy) is 2. The van der Waals surface area contributed by atoms with E-state index in [9.17, 15) is 4.79 Å². The van der Waals surface area contributed by atoms with E-state index in [0.29, 0.717) is 17.9 Å². The fraction of sp³-hybridized carbons (Fsp3) is 0.235. The number of carbonyl (C=O) groups is 1. The van der Waals surface area contributed by atoms with Crippen LogP contribution in [0.5, 0.6) is 11.5 Å². The molecule has 0 aliphatic carbocycles. The quantitative estimate of drug-likeness (QED) is 0.942. The van der Waals surface area contributed by atoms with Crippen LogP contribution in [0.1, 0.15) is 28.4 Å². The van der Waals surface area contributed by atoms with Crippen molar-refractivity contribution in [1.82, 2.24) is 5.32 Å². The number of carbonyl (C=O) groups excluding carboxylic acids is 1. The van der Waals surface area contributed by atoms with Gasteiger partial charge in [-0.3, -0.25) is 4.79 Å². The molecule has 1 N–H and O–H groups in total.